The molecule has 3 heterocycles. The molecule has 2 aromatic carbocycles. The fraction of sp³-hybridized carbons (Fsp3) is 0.200. The molecule has 1 aliphatic rings. The van der Waals surface area contributed by atoms with Crippen molar-refractivity contribution in [3.05, 3.63) is 101 Å². The number of nitrogens with zero attached hydrogens (tertiary/aromatic N) is 2. The van der Waals surface area contributed by atoms with Crippen LogP contribution in [0.4, 0.5) is 0 Å². The highest BCUT2D eigenvalue weighted by Crippen LogP contribution is 2.38. The largest absolute Gasteiger partial charge is 0.497 e. The summed E-state index contributed by atoms with van der Waals surface area (Å²) in [6, 6.07) is 12.1. The van der Waals surface area contributed by atoms with Gasteiger partial charge in [-0.15, -0.1) is 0 Å². The zero-order valence-corrected chi connectivity index (χ0v) is 24.5. The topological polar surface area (TPSA) is 130 Å². The minimum Gasteiger partial charge on any atom is -0.497 e. The Morgan fingerprint density at radius 1 is 1.14 bits per heavy atom. The number of furan rings is 1. The van der Waals surface area contributed by atoms with Gasteiger partial charge in [0.15, 0.2) is 4.80 Å². The molecule has 1 unspecified atom stereocenters. The number of carboxylic acids is 1. The summed E-state index contributed by atoms with van der Waals surface area (Å²) in [7, 11) is 3.03. The van der Waals surface area contributed by atoms with Crippen molar-refractivity contribution in [2.75, 3.05) is 20.8 Å². The standard InChI is InChI=1S/C30H25ClN2O8S/c1-5-40-29(37)25-15(2)32-30-33(26(25)20-13-17(38-3)7-11-23(20)39-4)27(34)24(42-30)14-18-8-10-22(41-18)16-6-9-21(31)19(12-16)28(35)36/h6-14,26H,5H2,1-4H3,(H,35,36). The number of thiazole rings is 1. The summed E-state index contributed by atoms with van der Waals surface area (Å²) in [5.41, 5.74) is 1.20. The lowest BCUT2D eigenvalue weighted by atomic mass is 9.95. The van der Waals surface area contributed by atoms with E-state index < -0.39 is 23.5 Å². The number of allylic oxidation sites excluding steroid dienone is 1. The predicted molar refractivity (Wildman–Crippen MR) is 156 cm³/mol. The Bertz CT molecular complexity index is 1930. The van der Waals surface area contributed by atoms with E-state index in [2.05, 4.69) is 4.99 Å². The van der Waals surface area contributed by atoms with Crippen LogP contribution < -0.4 is 24.4 Å². The smallest absolute Gasteiger partial charge is 0.338 e. The molecule has 4 aromatic rings. The fourth-order valence-electron chi connectivity index (χ4n) is 4.70. The summed E-state index contributed by atoms with van der Waals surface area (Å²) in [5.74, 6) is -0.0309. The molecule has 12 heteroatoms. The van der Waals surface area contributed by atoms with Gasteiger partial charge in [0.1, 0.15) is 29.1 Å². The fourth-order valence-corrected chi connectivity index (χ4v) is 5.92. The molecule has 0 saturated heterocycles. The van der Waals surface area contributed by atoms with Gasteiger partial charge in [-0.3, -0.25) is 9.36 Å². The SMILES string of the molecule is CCOC(=O)C1=C(C)N=c2sc(=Cc3ccc(-c4ccc(Cl)c(C(=O)O)c4)o3)c(=O)n2C1c1cc(OC)ccc1OC. The molecule has 0 radical (unpaired) electrons. The molecule has 0 fully saturated rings. The van der Waals surface area contributed by atoms with Crippen molar-refractivity contribution in [2.45, 2.75) is 19.9 Å². The lowest BCUT2D eigenvalue weighted by Crippen LogP contribution is -2.40. The molecule has 0 bridgehead atoms. The van der Waals surface area contributed by atoms with Gasteiger partial charge in [0, 0.05) is 17.2 Å². The number of aromatic nitrogens is 1. The van der Waals surface area contributed by atoms with Crippen molar-refractivity contribution >= 4 is 41.0 Å². The molecule has 0 amide bonds. The Labute approximate surface area is 248 Å². The highest BCUT2D eigenvalue weighted by molar-refractivity contribution is 7.07. The van der Waals surface area contributed by atoms with Crippen LogP contribution in [-0.2, 0) is 9.53 Å². The van der Waals surface area contributed by atoms with Crippen LogP contribution in [0.2, 0.25) is 5.02 Å². The van der Waals surface area contributed by atoms with E-state index in [9.17, 15) is 19.5 Å². The second-order valence-corrected chi connectivity index (χ2v) is 10.5. The van der Waals surface area contributed by atoms with Crippen LogP contribution in [-0.4, -0.2) is 42.4 Å². The van der Waals surface area contributed by atoms with Crippen LogP contribution in [0, 0.1) is 0 Å². The number of benzene rings is 2. The van der Waals surface area contributed by atoms with Crippen LogP contribution in [0.5, 0.6) is 11.5 Å². The quantitative estimate of drug-likeness (QED) is 0.291. The second-order valence-electron chi connectivity index (χ2n) is 9.11. The molecule has 1 aliphatic heterocycles. The number of halogens is 1. The number of carboxylic acid groups (broad SMARTS) is 1. The van der Waals surface area contributed by atoms with Crippen LogP contribution in [0.3, 0.4) is 0 Å². The minimum atomic E-state index is -1.16. The van der Waals surface area contributed by atoms with E-state index in [0.29, 0.717) is 49.2 Å². The van der Waals surface area contributed by atoms with Gasteiger partial charge in [-0.2, -0.15) is 0 Å². The number of esters is 1. The maximum atomic E-state index is 13.9. The van der Waals surface area contributed by atoms with Gasteiger partial charge in [-0.05, 0) is 62.4 Å². The number of rotatable bonds is 8. The Morgan fingerprint density at radius 3 is 2.62 bits per heavy atom. The normalized spacial score (nSPS) is 14.8. The van der Waals surface area contributed by atoms with Crippen LogP contribution in [0.25, 0.3) is 17.4 Å². The summed E-state index contributed by atoms with van der Waals surface area (Å²) in [6.07, 6.45) is 1.57. The molecule has 1 atom stereocenters. The molecular formula is C30H25ClN2O8S. The zero-order valence-electron chi connectivity index (χ0n) is 23.0. The number of methoxy groups -OCH3 is 2. The summed E-state index contributed by atoms with van der Waals surface area (Å²) in [4.78, 5) is 43.6. The van der Waals surface area contributed by atoms with Crippen LogP contribution >= 0.6 is 22.9 Å². The molecule has 42 heavy (non-hydrogen) atoms. The predicted octanol–water partition coefficient (Wildman–Crippen LogP) is 4.43. The van der Waals surface area contributed by atoms with Gasteiger partial charge in [-0.25, -0.2) is 14.6 Å². The molecule has 0 aliphatic carbocycles. The third kappa shape index (κ3) is 5.24. The number of carbonyl (C=O) groups excluding carboxylic acids is 1. The number of hydrogen-bond acceptors (Lipinski definition) is 9. The lowest BCUT2D eigenvalue weighted by Gasteiger charge is -2.26. The van der Waals surface area contributed by atoms with Gasteiger partial charge in [0.05, 0.1) is 47.2 Å². The molecule has 1 N–H and O–H groups in total. The summed E-state index contributed by atoms with van der Waals surface area (Å²) < 4.78 is 24.1. The van der Waals surface area contributed by atoms with E-state index in [1.165, 1.54) is 30.9 Å². The van der Waals surface area contributed by atoms with E-state index in [1.54, 1.807) is 56.3 Å². The highest BCUT2D eigenvalue weighted by Gasteiger charge is 2.35. The maximum Gasteiger partial charge on any atom is 0.338 e. The Balaban J connectivity index is 1.66. The van der Waals surface area contributed by atoms with Crippen molar-refractivity contribution < 1.29 is 33.3 Å². The second kappa shape index (κ2) is 11.7. The maximum absolute atomic E-state index is 13.9. The van der Waals surface area contributed by atoms with Crippen molar-refractivity contribution in [3.63, 3.8) is 0 Å². The van der Waals surface area contributed by atoms with Crippen molar-refractivity contribution in [1.82, 2.24) is 4.57 Å². The molecule has 0 spiro atoms. The van der Waals surface area contributed by atoms with Crippen molar-refractivity contribution in [1.29, 1.82) is 0 Å². The first-order chi connectivity index (χ1) is 20.2. The summed E-state index contributed by atoms with van der Waals surface area (Å²) in [6.45, 7) is 3.54. The van der Waals surface area contributed by atoms with E-state index >= 15 is 0 Å². The van der Waals surface area contributed by atoms with E-state index in [4.69, 9.17) is 30.2 Å². The van der Waals surface area contributed by atoms with E-state index in [1.807, 2.05) is 0 Å². The van der Waals surface area contributed by atoms with Crippen molar-refractivity contribution in [2.24, 2.45) is 4.99 Å². The Morgan fingerprint density at radius 2 is 1.93 bits per heavy atom. The Kier molecular flexibility index (Phi) is 8.06. The van der Waals surface area contributed by atoms with E-state index in [-0.39, 0.29) is 22.8 Å². The van der Waals surface area contributed by atoms with Crippen LogP contribution in [0.1, 0.15) is 41.6 Å². The monoisotopic (exact) mass is 608 g/mol. The number of carbonyl (C=O) groups is 2. The van der Waals surface area contributed by atoms with Gasteiger partial charge in [-0.1, -0.05) is 22.9 Å². The van der Waals surface area contributed by atoms with Gasteiger partial charge in [0.2, 0.25) is 0 Å². The average molecular weight is 609 g/mol. The summed E-state index contributed by atoms with van der Waals surface area (Å²) in [5, 5.41) is 9.51. The molecule has 2 aromatic heterocycles. The third-order valence-corrected chi connectivity index (χ3v) is 7.94. The number of ether oxygens (including phenoxy) is 3. The molecule has 0 saturated carbocycles. The highest BCUT2D eigenvalue weighted by atomic mass is 35.5. The molecule has 5 rings (SSSR count). The first-order valence-corrected chi connectivity index (χ1v) is 13.9. The first kappa shape index (κ1) is 28.9. The average Bonchev–Trinajstić information content (AvgIpc) is 3.56. The van der Waals surface area contributed by atoms with Crippen LogP contribution in [0.15, 0.2) is 74.0 Å². The number of hydrogen-bond donors (Lipinski definition) is 1. The number of aromatic carboxylic acids is 1. The molecule has 10 nitrogen and oxygen atoms in total. The Hall–Kier alpha value is -4.61. The lowest BCUT2D eigenvalue weighted by molar-refractivity contribution is -0.139. The number of fused-ring (bicyclic) bond motifs is 1. The first-order valence-electron chi connectivity index (χ1n) is 12.7. The zero-order chi connectivity index (χ0) is 30.1. The van der Waals surface area contributed by atoms with Gasteiger partial charge >= 0.3 is 11.9 Å². The van der Waals surface area contributed by atoms with Gasteiger partial charge < -0.3 is 23.7 Å². The summed E-state index contributed by atoms with van der Waals surface area (Å²) >= 11 is 7.14. The molecular weight excluding hydrogens is 584 g/mol. The van der Waals surface area contributed by atoms with Crippen molar-refractivity contribution in [3.8, 4) is 22.8 Å². The van der Waals surface area contributed by atoms with E-state index in [0.717, 1.165) is 11.3 Å². The minimum absolute atomic E-state index is 0.0545. The van der Waals surface area contributed by atoms with Gasteiger partial charge in [0.25, 0.3) is 5.56 Å². The molecule has 216 valence electrons. The third-order valence-electron chi connectivity index (χ3n) is 6.63.